The molecule has 1 aromatic carbocycles. The van der Waals surface area contributed by atoms with Crippen molar-refractivity contribution in [2.75, 3.05) is 32.1 Å². The summed E-state index contributed by atoms with van der Waals surface area (Å²) in [7, 11) is 3.86. The molecule has 192 valence electrons. The normalized spacial score (nSPS) is 21.2. The van der Waals surface area contributed by atoms with Crippen LogP contribution in [0.2, 0.25) is 0 Å². The lowest BCUT2D eigenvalue weighted by Gasteiger charge is -2.29. The lowest BCUT2D eigenvalue weighted by Crippen LogP contribution is -2.53. The summed E-state index contributed by atoms with van der Waals surface area (Å²) in [5, 5.41) is 2.92. The predicted octanol–water partition coefficient (Wildman–Crippen LogP) is 2.71. The van der Waals surface area contributed by atoms with Gasteiger partial charge in [0.25, 0.3) is 5.91 Å². The van der Waals surface area contributed by atoms with Crippen LogP contribution in [-0.2, 0) is 14.4 Å². The number of likely N-dealkylation sites (tertiary alicyclic amines) is 2. The van der Waals surface area contributed by atoms with Crippen molar-refractivity contribution in [3.05, 3.63) is 29.8 Å². The van der Waals surface area contributed by atoms with Gasteiger partial charge in [-0.3, -0.25) is 19.2 Å². The molecule has 0 radical (unpaired) electrons. The van der Waals surface area contributed by atoms with Crippen LogP contribution >= 0.6 is 0 Å². The fourth-order valence-corrected chi connectivity index (χ4v) is 5.00. The highest BCUT2D eigenvalue weighted by Gasteiger charge is 2.52. The number of carbonyl (C=O) groups is 4. The lowest BCUT2D eigenvalue weighted by molar-refractivity contribution is -0.138. The Hall–Kier alpha value is -2.90. The Morgan fingerprint density at radius 2 is 1.74 bits per heavy atom. The van der Waals surface area contributed by atoms with Gasteiger partial charge in [0.05, 0.1) is 12.6 Å². The third-order valence-corrected chi connectivity index (χ3v) is 7.20. The molecular weight excluding hydrogens is 444 g/mol. The first kappa shape index (κ1) is 26.7. The SMILES string of the molecule is CCC(C)CC(=O)N1CC(=O)[C@@H]2[C@H]1CCN2C(=O)[C@H](CC(C)C)NC(=O)c1ccc(N(C)C)cc1. The molecule has 0 spiro atoms. The fourth-order valence-electron chi connectivity index (χ4n) is 5.00. The average Bonchev–Trinajstić information content (AvgIpc) is 3.39. The lowest BCUT2D eigenvalue weighted by atomic mass is 10.0. The maximum Gasteiger partial charge on any atom is 0.251 e. The van der Waals surface area contributed by atoms with Crippen LogP contribution in [0.15, 0.2) is 24.3 Å². The number of benzene rings is 1. The van der Waals surface area contributed by atoms with Gasteiger partial charge in [0.15, 0.2) is 5.78 Å². The van der Waals surface area contributed by atoms with Gasteiger partial charge in [0, 0.05) is 38.3 Å². The summed E-state index contributed by atoms with van der Waals surface area (Å²) in [4.78, 5) is 57.6. The Morgan fingerprint density at radius 1 is 1.09 bits per heavy atom. The number of carbonyl (C=O) groups excluding carboxylic acids is 4. The zero-order valence-corrected chi connectivity index (χ0v) is 21.9. The topological polar surface area (TPSA) is 90.0 Å². The van der Waals surface area contributed by atoms with Gasteiger partial charge in [-0.1, -0.05) is 34.1 Å². The predicted molar refractivity (Wildman–Crippen MR) is 136 cm³/mol. The molecule has 8 heteroatoms. The number of hydrogen-bond donors (Lipinski definition) is 1. The smallest absolute Gasteiger partial charge is 0.251 e. The van der Waals surface area contributed by atoms with Crippen LogP contribution in [0.4, 0.5) is 5.69 Å². The number of amides is 3. The molecule has 35 heavy (non-hydrogen) atoms. The summed E-state index contributed by atoms with van der Waals surface area (Å²) in [5.74, 6) is -0.225. The number of hydrogen-bond acceptors (Lipinski definition) is 5. The van der Waals surface area contributed by atoms with E-state index in [9.17, 15) is 19.2 Å². The van der Waals surface area contributed by atoms with Gasteiger partial charge >= 0.3 is 0 Å². The highest BCUT2D eigenvalue weighted by atomic mass is 16.2. The molecule has 2 heterocycles. The Balaban J connectivity index is 1.73. The molecule has 0 aliphatic carbocycles. The Kier molecular flexibility index (Phi) is 8.56. The molecule has 8 nitrogen and oxygen atoms in total. The number of fused-ring (bicyclic) bond motifs is 1. The van der Waals surface area contributed by atoms with E-state index in [0.717, 1.165) is 12.1 Å². The Labute approximate surface area is 209 Å². The van der Waals surface area contributed by atoms with Crippen molar-refractivity contribution in [2.45, 2.75) is 71.5 Å². The van der Waals surface area contributed by atoms with E-state index in [-0.39, 0.29) is 47.9 Å². The molecule has 4 atom stereocenters. The van der Waals surface area contributed by atoms with E-state index in [1.165, 1.54) is 0 Å². The molecular formula is C27H40N4O4. The number of nitrogens with zero attached hydrogens (tertiary/aromatic N) is 3. The van der Waals surface area contributed by atoms with E-state index in [1.807, 2.05) is 58.8 Å². The van der Waals surface area contributed by atoms with Gasteiger partial charge < -0.3 is 20.0 Å². The molecule has 2 aliphatic heterocycles. The second-order valence-electron chi connectivity index (χ2n) is 10.6. The Bertz CT molecular complexity index is 943. The van der Waals surface area contributed by atoms with Crippen LogP contribution in [0.5, 0.6) is 0 Å². The molecule has 0 bridgehead atoms. The summed E-state index contributed by atoms with van der Waals surface area (Å²) in [6, 6.07) is 5.60. The van der Waals surface area contributed by atoms with Crippen molar-refractivity contribution >= 4 is 29.2 Å². The zero-order chi connectivity index (χ0) is 25.9. The molecule has 2 aliphatic rings. The largest absolute Gasteiger partial charge is 0.378 e. The molecule has 1 unspecified atom stereocenters. The maximum atomic E-state index is 13.6. The standard InChI is InChI=1S/C27H40N4O4/c1-7-18(4)15-24(33)31-16-23(32)25-22(31)12-13-30(25)27(35)21(14-17(2)3)28-26(34)19-8-10-20(11-9-19)29(5)6/h8-11,17-18,21-22,25H,7,12-16H2,1-6H3,(H,28,34)/t18?,21-,22+,25-/m0/s1. The summed E-state index contributed by atoms with van der Waals surface area (Å²) in [6.45, 7) is 8.56. The third-order valence-electron chi connectivity index (χ3n) is 7.20. The summed E-state index contributed by atoms with van der Waals surface area (Å²) >= 11 is 0. The van der Waals surface area contributed by atoms with Gasteiger partial charge in [0.1, 0.15) is 12.1 Å². The van der Waals surface area contributed by atoms with Crippen molar-refractivity contribution in [1.82, 2.24) is 15.1 Å². The minimum atomic E-state index is -0.729. The number of Topliss-reactive ketones (excluding diaryl/α,β-unsaturated/α-hetero) is 1. The second kappa shape index (κ2) is 11.2. The summed E-state index contributed by atoms with van der Waals surface area (Å²) in [6.07, 6.45) is 2.38. The second-order valence-corrected chi connectivity index (χ2v) is 10.6. The molecule has 0 saturated carbocycles. The first-order valence-corrected chi connectivity index (χ1v) is 12.7. The first-order chi connectivity index (χ1) is 16.5. The Morgan fingerprint density at radius 3 is 2.31 bits per heavy atom. The molecule has 3 amide bonds. The van der Waals surface area contributed by atoms with Crippen LogP contribution in [0.25, 0.3) is 0 Å². The highest BCUT2D eigenvalue weighted by Crippen LogP contribution is 2.31. The van der Waals surface area contributed by atoms with E-state index < -0.39 is 12.1 Å². The summed E-state index contributed by atoms with van der Waals surface area (Å²) < 4.78 is 0. The van der Waals surface area contributed by atoms with Gasteiger partial charge in [-0.25, -0.2) is 0 Å². The van der Waals surface area contributed by atoms with Crippen molar-refractivity contribution in [3.63, 3.8) is 0 Å². The van der Waals surface area contributed by atoms with Gasteiger partial charge in [0.2, 0.25) is 11.8 Å². The van der Waals surface area contributed by atoms with Gasteiger partial charge in [-0.05, 0) is 48.9 Å². The molecule has 1 N–H and O–H groups in total. The van der Waals surface area contributed by atoms with Crippen LogP contribution in [0.3, 0.4) is 0 Å². The quantitative estimate of drug-likeness (QED) is 0.582. The third kappa shape index (κ3) is 6.03. The number of nitrogens with one attached hydrogen (secondary N) is 1. The molecule has 1 aromatic rings. The monoisotopic (exact) mass is 484 g/mol. The van der Waals surface area contributed by atoms with Crippen LogP contribution in [0, 0.1) is 11.8 Å². The van der Waals surface area contributed by atoms with Gasteiger partial charge in [-0.2, -0.15) is 0 Å². The van der Waals surface area contributed by atoms with Crippen molar-refractivity contribution in [3.8, 4) is 0 Å². The van der Waals surface area contributed by atoms with E-state index in [0.29, 0.717) is 31.4 Å². The molecule has 2 fully saturated rings. The highest BCUT2D eigenvalue weighted by molar-refractivity contribution is 6.01. The van der Waals surface area contributed by atoms with Crippen LogP contribution < -0.4 is 10.2 Å². The fraction of sp³-hybridized carbons (Fsp3) is 0.630. The van der Waals surface area contributed by atoms with Crippen molar-refractivity contribution in [2.24, 2.45) is 11.8 Å². The number of rotatable bonds is 9. The first-order valence-electron chi connectivity index (χ1n) is 12.7. The van der Waals surface area contributed by atoms with Crippen LogP contribution in [-0.4, -0.2) is 78.6 Å². The minimum Gasteiger partial charge on any atom is -0.378 e. The van der Waals surface area contributed by atoms with E-state index >= 15 is 0 Å². The molecule has 0 aromatic heterocycles. The van der Waals surface area contributed by atoms with E-state index in [4.69, 9.17) is 0 Å². The average molecular weight is 485 g/mol. The number of anilines is 1. The zero-order valence-electron chi connectivity index (χ0n) is 21.9. The maximum absolute atomic E-state index is 13.6. The minimum absolute atomic E-state index is 0.0114. The van der Waals surface area contributed by atoms with Gasteiger partial charge in [-0.15, -0.1) is 0 Å². The van der Waals surface area contributed by atoms with E-state index in [2.05, 4.69) is 5.32 Å². The molecule has 2 saturated heterocycles. The summed E-state index contributed by atoms with van der Waals surface area (Å²) in [5.41, 5.74) is 1.46. The molecule has 3 rings (SSSR count). The van der Waals surface area contributed by atoms with Crippen LogP contribution in [0.1, 0.15) is 63.7 Å². The van der Waals surface area contributed by atoms with Crippen molar-refractivity contribution < 1.29 is 19.2 Å². The number of ketones is 1. The van der Waals surface area contributed by atoms with Crippen molar-refractivity contribution in [1.29, 1.82) is 0 Å². The van der Waals surface area contributed by atoms with E-state index in [1.54, 1.807) is 21.9 Å².